The number of hydrogen-bond acceptors (Lipinski definition) is 4. The zero-order chi connectivity index (χ0) is 19.3. The predicted octanol–water partition coefficient (Wildman–Crippen LogP) is 4.08. The van der Waals surface area contributed by atoms with Crippen molar-refractivity contribution < 1.29 is 18.7 Å². The molecule has 1 aromatic carbocycles. The molecule has 6 heteroatoms. The molecular formula is C21H24INO4. The lowest BCUT2D eigenvalue weighted by Gasteiger charge is -2.38. The summed E-state index contributed by atoms with van der Waals surface area (Å²) in [5.74, 6) is 1.38. The first-order chi connectivity index (χ1) is 13.0. The van der Waals surface area contributed by atoms with E-state index in [0.29, 0.717) is 25.5 Å². The molecule has 1 amide bonds. The molecule has 5 nitrogen and oxygen atoms in total. The highest BCUT2D eigenvalue weighted by Crippen LogP contribution is 2.40. The van der Waals surface area contributed by atoms with Crippen LogP contribution in [0, 0.1) is 10.7 Å². The van der Waals surface area contributed by atoms with Gasteiger partial charge in [-0.3, -0.25) is 4.79 Å². The summed E-state index contributed by atoms with van der Waals surface area (Å²) in [7, 11) is 1.69. The van der Waals surface area contributed by atoms with Crippen molar-refractivity contribution in [2.45, 2.75) is 25.2 Å². The summed E-state index contributed by atoms with van der Waals surface area (Å²) in [6, 6.07) is 9.91. The maximum Gasteiger partial charge on any atom is 0.244 e. The number of nitrogens with one attached hydrogen (secondary N) is 1. The van der Waals surface area contributed by atoms with Gasteiger partial charge < -0.3 is 19.2 Å². The zero-order valence-electron chi connectivity index (χ0n) is 15.6. The van der Waals surface area contributed by atoms with Crippen LogP contribution in [0.2, 0.25) is 0 Å². The van der Waals surface area contributed by atoms with E-state index >= 15 is 0 Å². The van der Waals surface area contributed by atoms with Crippen LogP contribution in [0.1, 0.15) is 29.7 Å². The van der Waals surface area contributed by atoms with Crippen LogP contribution in [-0.2, 0) is 14.9 Å². The lowest BCUT2D eigenvalue weighted by Crippen LogP contribution is -2.44. The molecule has 0 unspecified atom stereocenters. The van der Waals surface area contributed by atoms with Gasteiger partial charge in [0, 0.05) is 36.8 Å². The summed E-state index contributed by atoms with van der Waals surface area (Å²) < 4.78 is 17.4. The van der Waals surface area contributed by atoms with Gasteiger partial charge in [0.2, 0.25) is 5.91 Å². The van der Waals surface area contributed by atoms with Crippen LogP contribution in [0.5, 0.6) is 5.75 Å². The van der Waals surface area contributed by atoms with Crippen LogP contribution in [0.25, 0.3) is 6.08 Å². The Morgan fingerprint density at radius 3 is 2.74 bits per heavy atom. The fourth-order valence-corrected chi connectivity index (χ4v) is 3.86. The van der Waals surface area contributed by atoms with Crippen molar-refractivity contribution in [3.63, 3.8) is 0 Å². The van der Waals surface area contributed by atoms with Gasteiger partial charge in [0.05, 0.1) is 7.11 Å². The van der Waals surface area contributed by atoms with Gasteiger partial charge in [-0.1, -0.05) is 17.7 Å². The summed E-state index contributed by atoms with van der Waals surface area (Å²) >= 11 is 2.10. The minimum absolute atomic E-state index is 0.140. The van der Waals surface area contributed by atoms with Gasteiger partial charge in [-0.05, 0) is 66.6 Å². The number of aryl methyl sites for hydroxylation is 1. The van der Waals surface area contributed by atoms with Crippen molar-refractivity contribution in [1.82, 2.24) is 5.32 Å². The SMILES string of the molecule is COc1ccc(C)cc1C1(CNC(=O)C=Cc2ccc(I)o2)CCOCC1. The fourth-order valence-electron chi connectivity index (χ4n) is 3.43. The smallest absolute Gasteiger partial charge is 0.244 e. The fraction of sp³-hybridized carbons (Fsp3) is 0.381. The number of halogens is 1. The van der Waals surface area contributed by atoms with Gasteiger partial charge in [0.15, 0.2) is 3.77 Å². The first-order valence-electron chi connectivity index (χ1n) is 8.96. The van der Waals surface area contributed by atoms with E-state index in [2.05, 4.69) is 40.9 Å². The van der Waals surface area contributed by atoms with Crippen molar-refractivity contribution in [2.24, 2.45) is 0 Å². The molecule has 1 N–H and O–H groups in total. The monoisotopic (exact) mass is 481 g/mol. The topological polar surface area (TPSA) is 60.7 Å². The van der Waals surface area contributed by atoms with Gasteiger partial charge in [0.1, 0.15) is 11.5 Å². The number of carbonyl (C=O) groups is 1. The van der Waals surface area contributed by atoms with Crippen molar-refractivity contribution in [2.75, 3.05) is 26.9 Å². The molecule has 1 aliphatic heterocycles. The van der Waals surface area contributed by atoms with Gasteiger partial charge in [-0.15, -0.1) is 0 Å². The second kappa shape index (κ2) is 8.93. The first kappa shape index (κ1) is 19.9. The quantitative estimate of drug-likeness (QED) is 0.499. The molecule has 144 valence electrons. The average molecular weight is 481 g/mol. The molecule has 1 aliphatic rings. The molecule has 27 heavy (non-hydrogen) atoms. The van der Waals surface area contributed by atoms with Gasteiger partial charge in [-0.25, -0.2) is 0 Å². The van der Waals surface area contributed by atoms with E-state index in [-0.39, 0.29) is 11.3 Å². The second-order valence-electron chi connectivity index (χ2n) is 6.79. The largest absolute Gasteiger partial charge is 0.496 e. The van der Waals surface area contributed by atoms with Gasteiger partial charge in [0.25, 0.3) is 0 Å². The molecule has 0 bridgehead atoms. The first-order valence-corrected chi connectivity index (χ1v) is 10.0. The molecule has 1 aromatic heterocycles. The summed E-state index contributed by atoms with van der Waals surface area (Å²) in [5, 5.41) is 3.06. The number of furan rings is 1. The number of carbonyl (C=O) groups excluding carboxylic acids is 1. The zero-order valence-corrected chi connectivity index (χ0v) is 17.7. The maximum atomic E-state index is 12.4. The Morgan fingerprint density at radius 1 is 1.30 bits per heavy atom. The van der Waals surface area contributed by atoms with E-state index in [0.717, 1.165) is 27.9 Å². The van der Waals surface area contributed by atoms with Crippen LogP contribution < -0.4 is 10.1 Å². The van der Waals surface area contributed by atoms with E-state index in [4.69, 9.17) is 13.9 Å². The van der Waals surface area contributed by atoms with Crippen molar-refractivity contribution in [3.8, 4) is 5.75 Å². The van der Waals surface area contributed by atoms with E-state index in [1.165, 1.54) is 11.6 Å². The lowest BCUT2D eigenvalue weighted by molar-refractivity contribution is -0.117. The molecule has 0 spiro atoms. The summed E-state index contributed by atoms with van der Waals surface area (Å²) in [4.78, 5) is 12.4. The Kier molecular flexibility index (Phi) is 6.59. The van der Waals surface area contributed by atoms with E-state index < -0.39 is 0 Å². The Labute approximate surface area is 173 Å². The number of benzene rings is 1. The van der Waals surface area contributed by atoms with E-state index in [1.807, 2.05) is 24.3 Å². The average Bonchev–Trinajstić information content (AvgIpc) is 3.10. The third-order valence-corrected chi connectivity index (χ3v) is 5.55. The highest BCUT2D eigenvalue weighted by molar-refractivity contribution is 14.1. The van der Waals surface area contributed by atoms with Crippen LogP contribution in [0.15, 0.2) is 40.8 Å². The van der Waals surface area contributed by atoms with Crippen molar-refractivity contribution in [3.05, 3.63) is 57.1 Å². The lowest BCUT2D eigenvalue weighted by atomic mass is 9.73. The molecule has 0 atom stereocenters. The Hall–Kier alpha value is -1.80. The summed E-state index contributed by atoms with van der Waals surface area (Å²) in [5.41, 5.74) is 2.12. The molecular weight excluding hydrogens is 457 g/mol. The van der Waals surface area contributed by atoms with Crippen molar-refractivity contribution >= 4 is 34.6 Å². The normalized spacial score (nSPS) is 16.4. The Bertz CT molecular complexity index is 821. The highest BCUT2D eigenvalue weighted by Gasteiger charge is 2.37. The Balaban J connectivity index is 1.76. The summed E-state index contributed by atoms with van der Waals surface area (Å²) in [6.45, 7) is 3.96. The molecule has 3 rings (SSSR count). The van der Waals surface area contributed by atoms with Crippen molar-refractivity contribution in [1.29, 1.82) is 0 Å². The molecule has 1 fully saturated rings. The molecule has 0 saturated carbocycles. The van der Waals surface area contributed by atoms with Gasteiger partial charge in [-0.2, -0.15) is 0 Å². The van der Waals surface area contributed by atoms with E-state index in [9.17, 15) is 4.79 Å². The number of methoxy groups -OCH3 is 1. The summed E-state index contributed by atoms with van der Waals surface area (Å²) in [6.07, 6.45) is 4.87. The van der Waals surface area contributed by atoms with Crippen LogP contribution in [0.4, 0.5) is 0 Å². The second-order valence-corrected chi connectivity index (χ2v) is 7.85. The Morgan fingerprint density at radius 2 is 2.07 bits per heavy atom. The maximum absolute atomic E-state index is 12.4. The molecule has 0 radical (unpaired) electrons. The third kappa shape index (κ3) is 4.93. The van der Waals surface area contributed by atoms with E-state index in [1.54, 1.807) is 13.2 Å². The molecule has 2 heterocycles. The number of amides is 1. The predicted molar refractivity (Wildman–Crippen MR) is 113 cm³/mol. The molecule has 1 saturated heterocycles. The van der Waals surface area contributed by atoms with Crippen LogP contribution >= 0.6 is 22.6 Å². The standard InChI is InChI=1S/C21H24INO4/c1-15-3-6-18(25-2)17(13-15)21(9-11-26-12-10-21)14-23-20(24)8-5-16-4-7-19(22)27-16/h3-8,13H,9-12,14H2,1-2H3,(H,23,24). The number of hydrogen-bond donors (Lipinski definition) is 1. The van der Waals surface area contributed by atoms with Gasteiger partial charge >= 0.3 is 0 Å². The van der Waals surface area contributed by atoms with Crippen LogP contribution in [0.3, 0.4) is 0 Å². The minimum Gasteiger partial charge on any atom is -0.496 e. The van der Waals surface area contributed by atoms with Crippen LogP contribution in [-0.4, -0.2) is 32.8 Å². The highest BCUT2D eigenvalue weighted by atomic mass is 127. The number of ether oxygens (including phenoxy) is 2. The molecule has 2 aromatic rings. The third-order valence-electron chi connectivity index (χ3n) is 4.97. The minimum atomic E-state index is -0.195. The number of rotatable bonds is 6. The molecule has 0 aliphatic carbocycles.